The number of carbonyl (C=O) groups excluding carboxylic acids is 1. The summed E-state index contributed by atoms with van der Waals surface area (Å²) in [5, 5.41) is 6.59. The predicted octanol–water partition coefficient (Wildman–Crippen LogP) is 2.98. The minimum absolute atomic E-state index is 0.0868. The molecule has 7 heteroatoms. The number of rotatable bonds is 5. The molecule has 0 amide bonds. The summed E-state index contributed by atoms with van der Waals surface area (Å²) >= 11 is 0. The summed E-state index contributed by atoms with van der Waals surface area (Å²) in [5.74, 6) is 0.0868. The molecule has 0 fully saturated rings. The van der Waals surface area contributed by atoms with Crippen LogP contribution in [0.5, 0.6) is 0 Å². The lowest BCUT2D eigenvalue weighted by Gasteiger charge is -2.21. The molecule has 1 aliphatic rings. The lowest BCUT2D eigenvalue weighted by Crippen LogP contribution is -2.21. The van der Waals surface area contributed by atoms with Crippen LogP contribution in [0.1, 0.15) is 35.3 Å². The molecule has 1 aromatic rings. The molecule has 1 atom stereocenters. The molecule has 0 spiro atoms. The molecule has 1 heterocycles. The highest BCUT2D eigenvalue weighted by Crippen LogP contribution is 2.30. The third-order valence-electron chi connectivity index (χ3n) is 3.26. The maximum absolute atomic E-state index is 12.0. The summed E-state index contributed by atoms with van der Waals surface area (Å²) in [6.07, 6.45) is 1.94. The molecule has 0 saturated carbocycles. The molecule has 0 bridgehead atoms. The molecule has 1 N–H and O–H groups in total. The van der Waals surface area contributed by atoms with E-state index in [1.807, 2.05) is 6.08 Å². The van der Waals surface area contributed by atoms with Crippen LogP contribution in [0, 0.1) is 5.92 Å². The van der Waals surface area contributed by atoms with E-state index in [0.717, 1.165) is 18.3 Å². The summed E-state index contributed by atoms with van der Waals surface area (Å²) in [4.78, 5) is 10.8. The number of aromatic nitrogens is 2. The first kappa shape index (κ1) is 14.8. The first-order valence-electron chi connectivity index (χ1n) is 6.32. The van der Waals surface area contributed by atoms with Gasteiger partial charge < -0.3 is 4.74 Å². The van der Waals surface area contributed by atoms with E-state index in [0.29, 0.717) is 24.1 Å². The summed E-state index contributed by atoms with van der Waals surface area (Å²) < 4.78 is 40.6. The van der Waals surface area contributed by atoms with Crippen LogP contribution >= 0.6 is 0 Å². The number of hydrogen-bond acceptors (Lipinski definition) is 3. The average molecular weight is 288 g/mol. The molecule has 1 aliphatic carbocycles. The van der Waals surface area contributed by atoms with Gasteiger partial charge >= 0.3 is 6.18 Å². The molecule has 4 nitrogen and oxygen atoms in total. The van der Waals surface area contributed by atoms with E-state index in [9.17, 15) is 18.0 Å². The highest BCUT2D eigenvalue weighted by atomic mass is 19.4. The minimum Gasteiger partial charge on any atom is -0.372 e. The van der Waals surface area contributed by atoms with Crippen LogP contribution in [0.2, 0.25) is 0 Å². The Bertz CT molecular complexity index is 494. The van der Waals surface area contributed by atoms with Crippen LogP contribution in [-0.4, -0.2) is 35.9 Å². The van der Waals surface area contributed by atoms with Gasteiger partial charge in [-0.15, -0.1) is 0 Å². The topological polar surface area (TPSA) is 55.0 Å². The molecular formula is C13H15F3N2O2. The summed E-state index contributed by atoms with van der Waals surface area (Å²) in [6.45, 7) is -1.09. The number of nitrogens with one attached hydrogen (secondary N) is 1. The van der Waals surface area contributed by atoms with Crippen LogP contribution in [0.25, 0.3) is 5.57 Å². The number of aromatic amines is 1. The van der Waals surface area contributed by atoms with Crippen molar-refractivity contribution in [3.05, 3.63) is 23.5 Å². The Hall–Kier alpha value is -1.63. The van der Waals surface area contributed by atoms with Gasteiger partial charge in [-0.1, -0.05) is 6.08 Å². The predicted molar refractivity (Wildman–Crippen MR) is 66.2 cm³/mol. The largest absolute Gasteiger partial charge is 0.411 e. The first-order valence-corrected chi connectivity index (χ1v) is 6.32. The number of allylic oxidation sites excluding steroid dienone is 2. The van der Waals surface area contributed by atoms with Gasteiger partial charge in [0.05, 0.1) is 24.1 Å². The van der Waals surface area contributed by atoms with E-state index in [1.54, 1.807) is 0 Å². The minimum atomic E-state index is -4.27. The summed E-state index contributed by atoms with van der Waals surface area (Å²) in [6, 6.07) is 0. The van der Waals surface area contributed by atoms with Crippen molar-refractivity contribution in [3.8, 4) is 0 Å². The van der Waals surface area contributed by atoms with E-state index in [1.165, 1.54) is 6.20 Å². The summed E-state index contributed by atoms with van der Waals surface area (Å²) in [7, 11) is 0. The SMILES string of the molecule is O=Cc1cn[nH]c1C1=CCC(COCC(F)(F)F)CC1. The van der Waals surface area contributed by atoms with E-state index < -0.39 is 12.8 Å². The second-order valence-corrected chi connectivity index (χ2v) is 4.82. The Kier molecular flexibility index (Phi) is 4.59. The Morgan fingerprint density at radius 1 is 1.50 bits per heavy atom. The van der Waals surface area contributed by atoms with Crippen molar-refractivity contribution in [1.82, 2.24) is 10.2 Å². The van der Waals surface area contributed by atoms with Gasteiger partial charge in [-0.3, -0.25) is 9.89 Å². The van der Waals surface area contributed by atoms with Crippen molar-refractivity contribution >= 4 is 11.9 Å². The second kappa shape index (κ2) is 6.21. The van der Waals surface area contributed by atoms with Crippen LogP contribution in [0.4, 0.5) is 13.2 Å². The number of hydrogen-bond donors (Lipinski definition) is 1. The number of ether oxygens (including phenoxy) is 1. The second-order valence-electron chi connectivity index (χ2n) is 4.82. The maximum Gasteiger partial charge on any atom is 0.411 e. The van der Waals surface area contributed by atoms with Gasteiger partial charge in [0.1, 0.15) is 6.61 Å². The van der Waals surface area contributed by atoms with Crippen LogP contribution in [-0.2, 0) is 4.74 Å². The number of H-pyrrole nitrogens is 1. The normalized spacial score (nSPS) is 19.8. The first-order chi connectivity index (χ1) is 9.49. The zero-order valence-electron chi connectivity index (χ0n) is 10.7. The van der Waals surface area contributed by atoms with Gasteiger partial charge in [0.2, 0.25) is 0 Å². The van der Waals surface area contributed by atoms with Gasteiger partial charge in [-0.25, -0.2) is 0 Å². The van der Waals surface area contributed by atoms with Crippen molar-refractivity contribution < 1.29 is 22.7 Å². The smallest absolute Gasteiger partial charge is 0.372 e. The molecule has 1 aromatic heterocycles. The van der Waals surface area contributed by atoms with E-state index >= 15 is 0 Å². The Morgan fingerprint density at radius 3 is 2.90 bits per heavy atom. The zero-order chi connectivity index (χ0) is 14.6. The number of aldehydes is 1. The van der Waals surface area contributed by atoms with Gasteiger partial charge in [0.15, 0.2) is 6.29 Å². The van der Waals surface area contributed by atoms with Crippen molar-refractivity contribution in [2.45, 2.75) is 25.4 Å². The van der Waals surface area contributed by atoms with Gasteiger partial charge in [0, 0.05) is 0 Å². The molecule has 2 rings (SSSR count). The maximum atomic E-state index is 12.0. The lowest BCUT2D eigenvalue weighted by molar-refractivity contribution is -0.176. The van der Waals surface area contributed by atoms with Crippen molar-refractivity contribution in [2.24, 2.45) is 5.92 Å². The molecule has 1 unspecified atom stereocenters. The van der Waals surface area contributed by atoms with Crippen LogP contribution in [0.3, 0.4) is 0 Å². The fourth-order valence-electron chi connectivity index (χ4n) is 2.25. The Labute approximate surface area is 114 Å². The lowest BCUT2D eigenvalue weighted by atomic mass is 9.88. The standard InChI is InChI=1S/C13H15F3N2O2/c14-13(15,16)8-20-7-9-1-3-10(4-2-9)12-11(6-19)5-17-18-12/h3,5-6,9H,1-2,4,7-8H2,(H,17,18). The van der Waals surface area contributed by atoms with Gasteiger partial charge in [0.25, 0.3) is 0 Å². The van der Waals surface area contributed by atoms with Crippen LogP contribution < -0.4 is 0 Å². The fraction of sp³-hybridized carbons (Fsp3) is 0.538. The van der Waals surface area contributed by atoms with Crippen molar-refractivity contribution in [2.75, 3.05) is 13.2 Å². The average Bonchev–Trinajstić information content (AvgIpc) is 2.86. The van der Waals surface area contributed by atoms with E-state index in [-0.39, 0.29) is 12.5 Å². The van der Waals surface area contributed by atoms with Gasteiger partial charge in [-0.05, 0) is 30.8 Å². The number of nitrogens with zero attached hydrogens (tertiary/aromatic N) is 1. The van der Waals surface area contributed by atoms with E-state index in [4.69, 9.17) is 0 Å². The third kappa shape index (κ3) is 3.93. The summed E-state index contributed by atoms with van der Waals surface area (Å²) in [5.41, 5.74) is 2.19. The zero-order valence-corrected chi connectivity index (χ0v) is 10.7. The number of carbonyl (C=O) groups is 1. The highest BCUT2D eigenvalue weighted by Gasteiger charge is 2.28. The van der Waals surface area contributed by atoms with Crippen LogP contribution in [0.15, 0.2) is 12.3 Å². The Balaban J connectivity index is 1.86. The number of halogens is 3. The molecular weight excluding hydrogens is 273 g/mol. The third-order valence-corrected chi connectivity index (χ3v) is 3.26. The highest BCUT2D eigenvalue weighted by molar-refractivity contribution is 5.83. The van der Waals surface area contributed by atoms with Crippen molar-refractivity contribution in [1.29, 1.82) is 0 Å². The quantitative estimate of drug-likeness (QED) is 0.847. The molecule has 0 saturated heterocycles. The molecule has 0 radical (unpaired) electrons. The molecule has 110 valence electrons. The Morgan fingerprint density at radius 2 is 2.30 bits per heavy atom. The van der Waals surface area contributed by atoms with Crippen molar-refractivity contribution in [3.63, 3.8) is 0 Å². The molecule has 0 aliphatic heterocycles. The van der Waals surface area contributed by atoms with E-state index in [2.05, 4.69) is 14.9 Å². The monoisotopic (exact) mass is 288 g/mol. The molecule has 0 aromatic carbocycles. The fourth-order valence-corrected chi connectivity index (χ4v) is 2.25. The molecule has 20 heavy (non-hydrogen) atoms. The number of alkyl halides is 3. The van der Waals surface area contributed by atoms with Gasteiger partial charge in [-0.2, -0.15) is 18.3 Å².